The molecule has 0 atom stereocenters. The Morgan fingerprint density at radius 3 is 2.72 bits per heavy atom. The number of nitrogens with zero attached hydrogens (tertiary/aromatic N) is 3. The lowest BCUT2D eigenvalue weighted by Crippen LogP contribution is -2.01. The fraction of sp³-hybridized carbons (Fsp3) is 0.182. The number of rotatable bonds is 4. The number of carbonyl (C=O) groups excluding carboxylic acids is 1. The molecule has 94 valence electrons. The van der Waals surface area contributed by atoms with Crippen molar-refractivity contribution in [3.05, 3.63) is 44.9 Å². The van der Waals surface area contributed by atoms with Gasteiger partial charge in [0.15, 0.2) is 0 Å². The zero-order valence-electron chi connectivity index (χ0n) is 9.75. The van der Waals surface area contributed by atoms with Crippen LogP contribution in [-0.2, 0) is 9.53 Å². The summed E-state index contributed by atoms with van der Waals surface area (Å²) >= 11 is 5.93. The average Bonchev–Trinajstić information content (AvgIpc) is 2.37. The van der Waals surface area contributed by atoms with Gasteiger partial charge < -0.3 is 9.47 Å². The number of carbonyl (C=O) groups is 1. The Hall–Kier alpha value is -2.17. The van der Waals surface area contributed by atoms with Crippen molar-refractivity contribution >= 4 is 23.6 Å². The number of hydrogen-bond donors (Lipinski definition) is 0. The summed E-state index contributed by atoms with van der Waals surface area (Å²) in [6.45, 7) is 0. The maximum Gasteiger partial charge on any atom is 0.340 e. The molecule has 0 unspecified atom stereocenters. The third-order valence-electron chi connectivity index (χ3n) is 2.03. The molecule has 0 aromatic heterocycles. The summed E-state index contributed by atoms with van der Waals surface area (Å²) in [4.78, 5) is 13.9. The van der Waals surface area contributed by atoms with Crippen molar-refractivity contribution in [1.82, 2.24) is 0 Å². The minimum Gasteiger partial charge on any atom is -0.495 e. The normalized spacial score (nSPS) is 10.5. The minimum atomic E-state index is -0.722. The summed E-state index contributed by atoms with van der Waals surface area (Å²) in [6, 6.07) is 4.88. The molecule has 1 aromatic carbocycles. The van der Waals surface area contributed by atoms with E-state index in [2.05, 4.69) is 14.8 Å². The van der Waals surface area contributed by atoms with Gasteiger partial charge in [0.05, 0.1) is 19.2 Å². The summed E-state index contributed by atoms with van der Waals surface area (Å²) in [5.41, 5.74) is 8.80. The van der Waals surface area contributed by atoms with Gasteiger partial charge in [0.2, 0.25) is 0 Å². The van der Waals surface area contributed by atoms with Crippen LogP contribution in [0.4, 0.5) is 0 Å². The Labute approximate surface area is 108 Å². The Morgan fingerprint density at radius 1 is 1.50 bits per heavy atom. The third kappa shape index (κ3) is 3.41. The quantitative estimate of drug-likeness (QED) is 0.276. The first kappa shape index (κ1) is 13.9. The Bertz CT molecular complexity index is 536. The van der Waals surface area contributed by atoms with Gasteiger partial charge in [-0.3, -0.25) is 0 Å². The fourth-order valence-electron chi connectivity index (χ4n) is 1.21. The standard InChI is InChI=1S/C11H10ClN3O3/c1-17-10-4-3-7(5-8(10)12)6-9(14-15-13)11(16)18-2/h3-6H,1-2H3/b9-6-. The van der Waals surface area contributed by atoms with Crippen LogP contribution in [0.15, 0.2) is 29.0 Å². The van der Waals surface area contributed by atoms with Crippen LogP contribution in [0.5, 0.6) is 5.75 Å². The second-order valence-electron chi connectivity index (χ2n) is 3.10. The first-order valence-corrected chi connectivity index (χ1v) is 5.18. The van der Waals surface area contributed by atoms with E-state index < -0.39 is 5.97 Å². The van der Waals surface area contributed by atoms with E-state index in [1.165, 1.54) is 20.3 Å². The predicted octanol–water partition coefficient (Wildman–Crippen LogP) is 3.17. The summed E-state index contributed by atoms with van der Waals surface area (Å²) < 4.78 is 9.48. The van der Waals surface area contributed by atoms with Crippen LogP contribution >= 0.6 is 11.6 Å². The Balaban J connectivity index is 3.16. The largest absolute Gasteiger partial charge is 0.495 e. The van der Waals surface area contributed by atoms with Gasteiger partial charge in [-0.1, -0.05) is 22.8 Å². The zero-order valence-corrected chi connectivity index (χ0v) is 10.5. The van der Waals surface area contributed by atoms with Crippen molar-refractivity contribution in [3.8, 4) is 5.75 Å². The van der Waals surface area contributed by atoms with E-state index in [-0.39, 0.29) is 5.70 Å². The van der Waals surface area contributed by atoms with Crippen LogP contribution in [0.3, 0.4) is 0 Å². The van der Waals surface area contributed by atoms with Gasteiger partial charge in [0.1, 0.15) is 11.4 Å². The van der Waals surface area contributed by atoms with E-state index in [1.807, 2.05) is 0 Å². The van der Waals surface area contributed by atoms with Gasteiger partial charge in [-0.15, -0.1) is 0 Å². The molecule has 0 aliphatic carbocycles. The van der Waals surface area contributed by atoms with Gasteiger partial charge in [0.25, 0.3) is 0 Å². The van der Waals surface area contributed by atoms with Crippen molar-refractivity contribution in [2.75, 3.05) is 14.2 Å². The first-order valence-electron chi connectivity index (χ1n) is 4.81. The molecule has 0 saturated heterocycles. The number of azide groups is 1. The number of methoxy groups -OCH3 is 2. The van der Waals surface area contributed by atoms with Crippen molar-refractivity contribution in [2.24, 2.45) is 5.11 Å². The molecule has 0 aliphatic heterocycles. The highest BCUT2D eigenvalue weighted by atomic mass is 35.5. The molecule has 0 fully saturated rings. The van der Waals surface area contributed by atoms with Gasteiger partial charge in [-0.2, -0.15) is 0 Å². The second kappa shape index (κ2) is 6.54. The summed E-state index contributed by atoms with van der Waals surface area (Å²) in [5.74, 6) is -0.211. The molecule has 0 amide bonds. The second-order valence-corrected chi connectivity index (χ2v) is 3.51. The maximum absolute atomic E-state index is 11.3. The molecule has 0 bridgehead atoms. The van der Waals surface area contributed by atoms with Crippen LogP contribution < -0.4 is 4.74 Å². The van der Waals surface area contributed by atoms with Crippen molar-refractivity contribution in [2.45, 2.75) is 0 Å². The first-order chi connectivity index (χ1) is 8.62. The topological polar surface area (TPSA) is 84.3 Å². The van der Waals surface area contributed by atoms with Gasteiger partial charge >= 0.3 is 5.97 Å². The van der Waals surface area contributed by atoms with E-state index in [9.17, 15) is 4.79 Å². The summed E-state index contributed by atoms with van der Waals surface area (Å²) in [5, 5.41) is 3.64. The average molecular weight is 268 g/mol. The van der Waals surface area contributed by atoms with Crippen LogP contribution in [0.2, 0.25) is 5.02 Å². The minimum absolute atomic E-state index is 0.152. The molecule has 0 heterocycles. The fourth-order valence-corrected chi connectivity index (χ4v) is 1.48. The number of ether oxygens (including phenoxy) is 2. The van der Waals surface area contributed by atoms with Crippen LogP contribution in [0, 0.1) is 0 Å². The van der Waals surface area contributed by atoms with E-state index in [0.29, 0.717) is 16.3 Å². The van der Waals surface area contributed by atoms with Crippen LogP contribution in [0.1, 0.15) is 5.56 Å². The SMILES string of the molecule is COC(=O)/C(=C/c1ccc(OC)c(Cl)c1)N=[N+]=[N-]. The lowest BCUT2D eigenvalue weighted by atomic mass is 10.2. The maximum atomic E-state index is 11.3. The Kier molecular flexibility index (Phi) is 5.05. The molecule has 6 nitrogen and oxygen atoms in total. The van der Waals surface area contributed by atoms with Gasteiger partial charge in [-0.25, -0.2) is 4.79 Å². The molecule has 18 heavy (non-hydrogen) atoms. The molecule has 0 aliphatic rings. The summed E-state index contributed by atoms with van der Waals surface area (Å²) in [7, 11) is 2.70. The highest BCUT2D eigenvalue weighted by Crippen LogP contribution is 2.26. The molecule has 0 saturated carbocycles. The Morgan fingerprint density at radius 2 is 2.22 bits per heavy atom. The van der Waals surface area contributed by atoms with Crippen LogP contribution in [0.25, 0.3) is 16.5 Å². The highest BCUT2D eigenvalue weighted by Gasteiger charge is 2.08. The summed E-state index contributed by atoms with van der Waals surface area (Å²) in [6.07, 6.45) is 1.37. The molecule has 0 radical (unpaired) electrons. The number of halogens is 1. The molecule has 1 aromatic rings. The number of hydrogen-bond acceptors (Lipinski definition) is 4. The van der Waals surface area contributed by atoms with Crippen LogP contribution in [-0.4, -0.2) is 20.2 Å². The van der Waals surface area contributed by atoms with E-state index in [4.69, 9.17) is 21.9 Å². The van der Waals surface area contributed by atoms with E-state index >= 15 is 0 Å². The zero-order chi connectivity index (χ0) is 13.5. The molecule has 0 N–H and O–H groups in total. The van der Waals surface area contributed by atoms with Crippen molar-refractivity contribution in [3.63, 3.8) is 0 Å². The lowest BCUT2D eigenvalue weighted by molar-refractivity contribution is -0.136. The van der Waals surface area contributed by atoms with E-state index in [0.717, 1.165) is 0 Å². The smallest absolute Gasteiger partial charge is 0.340 e. The van der Waals surface area contributed by atoms with E-state index in [1.54, 1.807) is 18.2 Å². The molecule has 0 spiro atoms. The van der Waals surface area contributed by atoms with Crippen molar-refractivity contribution < 1.29 is 14.3 Å². The number of esters is 1. The van der Waals surface area contributed by atoms with Gasteiger partial charge in [-0.05, 0) is 29.3 Å². The molecule has 1 rings (SSSR count). The monoisotopic (exact) mass is 267 g/mol. The molecule has 7 heteroatoms. The lowest BCUT2D eigenvalue weighted by Gasteiger charge is -2.04. The molecular weight excluding hydrogens is 258 g/mol. The third-order valence-corrected chi connectivity index (χ3v) is 2.32. The number of benzene rings is 1. The van der Waals surface area contributed by atoms with Crippen molar-refractivity contribution in [1.29, 1.82) is 0 Å². The van der Waals surface area contributed by atoms with Gasteiger partial charge in [0, 0.05) is 4.91 Å². The predicted molar refractivity (Wildman–Crippen MR) is 67.1 cm³/mol. The highest BCUT2D eigenvalue weighted by molar-refractivity contribution is 6.32. The molecular formula is C11H10ClN3O3.